The van der Waals surface area contributed by atoms with Gasteiger partial charge in [0.15, 0.2) is 0 Å². The molecule has 0 unspecified atom stereocenters. The molecule has 2 amide bonds. The Morgan fingerprint density at radius 3 is 1.65 bits per heavy atom. The summed E-state index contributed by atoms with van der Waals surface area (Å²) in [5.41, 5.74) is 11.5. The Balaban J connectivity index is 0.000000452. The van der Waals surface area contributed by atoms with E-state index in [0.717, 1.165) is 34.9 Å². The maximum absolute atomic E-state index is 14.4. The molecule has 16 nitrogen and oxygen atoms in total. The lowest BCUT2D eigenvalue weighted by Crippen LogP contribution is -2.43. The predicted molar refractivity (Wildman–Crippen MR) is 307 cm³/mol. The third kappa shape index (κ3) is 17.9. The number of hydrogen-bond donors (Lipinski definition) is 5. The number of halogens is 2. The summed E-state index contributed by atoms with van der Waals surface area (Å²) in [7, 11) is -4.07. The smallest absolute Gasteiger partial charge is 0.407 e. The Morgan fingerprint density at radius 1 is 0.744 bits per heavy atom. The lowest BCUT2D eigenvalue weighted by molar-refractivity contribution is 0.0507. The van der Waals surface area contributed by atoms with Crippen LogP contribution in [0.25, 0.3) is 45.0 Å². The first-order valence-electron chi connectivity index (χ1n) is 25.9. The number of pyridine rings is 2. The molecule has 2 aliphatic heterocycles. The van der Waals surface area contributed by atoms with Crippen LogP contribution < -0.4 is 30.6 Å². The van der Waals surface area contributed by atoms with Crippen molar-refractivity contribution in [1.29, 1.82) is 0 Å². The van der Waals surface area contributed by atoms with E-state index in [-0.39, 0.29) is 59.7 Å². The van der Waals surface area contributed by atoms with Crippen LogP contribution in [-0.2, 0) is 14.9 Å². The number of benzene rings is 4. The zero-order valence-electron chi connectivity index (χ0n) is 45.7. The van der Waals surface area contributed by atoms with Crippen molar-refractivity contribution in [2.24, 2.45) is 17.6 Å². The summed E-state index contributed by atoms with van der Waals surface area (Å²) in [5.74, 6) is -1.41. The number of aromatic carboxylic acids is 1. The van der Waals surface area contributed by atoms with Crippen molar-refractivity contribution in [3.05, 3.63) is 143 Å². The van der Waals surface area contributed by atoms with Crippen LogP contribution in [0.3, 0.4) is 0 Å². The van der Waals surface area contributed by atoms with Crippen molar-refractivity contribution in [3.63, 3.8) is 0 Å². The fourth-order valence-electron chi connectivity index (χ4n) is 8.03. The first-order valence-corrected chi connectivity index (χ1v) is 27.3. The molecule has 8 rings (SSSR count). The van der Waals surface area contributed by atoms with Gasteiger partial charge in [-0.2, -0.15) is 12.7 Å². The molecular weight excluding hydrogens is 1020 g/mol. The van der Waals surface area contributed by atoms with Crippen LogP contribution >= 0.6 is 0 Å². The molecule has 6 N–H and O–H groups in total. The normalized spacial score (nSPS) is 15.4. The van der Waals surface area contributed by atoms with E-state index >= 15 is 0 Å². The number of rotatable bonds is 15. The molecule has 0 radical (unpaired) electrons. The van der Waals surface area contributed by atoms with E-state index in [4.69, 9.17) is 19.9 Å². The van der Waals surface area contributed by atoms with Crippen LogP contribution in [0.2, 0.25) is 0 Å². The van der Waals surface area contributed by atoms with Crippen LogP contribution in [-0.4, -0.2) is 103 Å². The standard InChI is InChI=1S/C27H31FN4O4S.C23H22FNO3.C9H18N2O2.4H2/c1-17(2)16-36-23-13-20(12-21(28)14-23)25-9-8-24(26(30-25)19-6-4-18(3)5-7-19)27(33)31-37(34,35)32-11-10-22(29)15-32;1-14(2)13-28-19-11-17(10-18(24)12-19)21-9-8-20(23(26)27)22(25-21)16-6-4-15(3)5-7-16;1-9(2,3)13-8(12)11-7-4-5-10-6-7;;;;/h4-9,12-14,17,22H,10-11,15-16,29H2,1-3H3,(H,31,33);4-12,14H,13H2,1-3H3,(H,26,27);7,10H,4-6H2,1-3H3,(H,11,12);4*1H/t22-;;7-;;;;/m1.1..../s1. The molecule has 0 saturated carbocycles. The highest BCUT2D eigenvalue weighted by Gasteiger charge is 2.32. The maximum atomic E-state index is 14.4. The minimum Gasteiger partial charge on any atom is -0.493 e. The number of nitrogens with one attached hydrogen (secondary N) is 3. The number of alkyl carbamates (subject to hydrolysis) is 1. The van der Waals surface area contributed by atoms with E-state index in [1.54, 1.807) is 36.4 Å². The number of carbonyl (C=O) groups is 3. The van der Waals surface area contributed by atoms with Gasteiger partial charge in [-0.25, -0.2) is 33.1 Å². The van der Waals surface area contributed by atoms with E-state index in [9.17, 15) is 36.7 Å². The number of carboxylic acid groups (broad SMARTS) is 1. The summed E-state index contributed by atoms with van der Waals surface area (Å²) in [4.78, 5) is 45.3. The van der Waals surface area contributed by atoms with Crippen molar-refractivity contribution in [1.82, 2.24) is 29.6 Å². The number of aryl methyl sites for hydroxylation is 2. The maximum Gasteiger partial charge on any atom is 0.407 e. The summed E-state index contributed by atoms with van der Waals surface area (Å²) in [5, 5.41) is 15.5. The molecule has 2 aromatic heterocycles. The molecule has 4 aromatic carbocycles. The van der Waals surface area contributed by atoms with E-state index in [1.807, 2.05) is 98.7 Å². The first-order chi connectivity index (χ1) is 36.8. The van der Waals surface area contributed by atoms with E-state index in [1.165, 1.54) is 36.4 Å². The zero-order chi connectivity index (χ0) is 56.9. The minimum atomic E-state index is -4.07. The van der Waals surface area contributed by atoms with Gasteiger partial charge < -0.3 is 35.7 Å². The third-order valence-corrected chi connectivity index (χ3v) is 13.4. The Hall–Kier alpha value is -7.32. The number of aromatic nitrogens is 2. The number of nitrogens with zero attached hydrogens (tertiary/aromatic N) is 3. The van der Waals surface area contributed by atoms with Gasteiger partial charge in [-0.1, -0.05) is 87.4 Å². The molecule has 78 heavy (non-hydrogen) atoms. The van der Waals surface area contributed by atoms with Gasteiger partial charge in [0.1, 0.15) is 28.7 Å². The molecule has 0 aliphatic carbocycles. The zero-order valence-corrected chi connectivity index (χ0v) is 46.5. The van der Waals surface area contributed by atoms with Crippen molar-refractivity contribution in [3.8, 4) is 56.5 Å². The minimum absolute atomic E-state index is 0. The van der Waals surface area contributed by atoms with Crippen LogP contribution in [0.4, 0.5) is 13.6 Å². The average Bonchev–Trinajstić information content (AvgIpc) is 4.12. The predicted octanol–water partition coefficient (Wildman–Crippen LogP) is 11.4. The Labute approximate surface area is 462 Å². The van der Waals surface area contributed by atoms with Gasteiger partial charge in [-0.3, -0.25) is 4.79 Å². The van der Waals surface area contributed by atoms with Crippen molar-refractivity contribution in [2.75, 3.05) is 39.4 Å². The fourth-order valence-corrected chi connectivity index (χ4v) is 9.24. The second-order valence-electron chi connectivity index (χ2n) is 21.2. The van der Waals surface area contributed by atoms with Crippen LogP contribution in [0.15, 0.2) is 109 Å². The quantitative estimate of drug-likeness (QED) is 0.0646. The summed E-state index contributed by atoms with van der Waals surface area (Å²) in [6.45, 7) is 20.6. The van der Waals surface area contributed by atoms with Gasteiger partial charge >= 0.3 is 22.3 Å². The van der Waals surface area contributed by atoms with Gasteiger partial charge in [-0.05, 0) is 114 Å². The van der Waals surface area contributed by atoms with Crippen LogP contribution in [0.1, 0.15) is 98.9 Å². The monoisotopic (exact) mass is 1100 g/mol. The second-order valence-corrected chi connectivity index (χ2v) is 22.8. The van der Waals surface area contributed by atoms with Gasteiger partial charge in [0.25, 0.3) is 5.91 Å². The number of amides is 2. The largest absolute Gasteiger partial charge is 0.493 e. The lowest BCUT2D eigenvalue weighted by atomic mass is 10.0. The molecule has 2 fully saturated rings. The molecule has 0 spiro atoms. The Bertz CT molecular complexity index is 3170. The van der Waals surface area contributed by atoms with E-state index in [2.05, 4.69) is 25.3 Å². The summed E-state index contributed by atoms with van der Waals surface area (Å²) >= 11 is 0. The average molecular weight is 1100 g/mol. The molecule has 2 aliphatic rings. The van der Waals surface area contributed by atoms with Gasteiger partial charge in [0.2, 0.25) is 0 Å². The third-order valence-electron chi connectivity index (χ3n) is 11.9. The van der Waals surface area contributed by atoms with Gasteiger partial charge in [-0.15, -0.1) is 0 Å². The number of hydrogen-bond acceptors (Lipinski definition) is 12. The number of nitrogens with two attached hydrogens (primary N) is 1. The van der Waals surface area contributed by atoms with Crippen molar-refractivity contribution in [2.45, 2.75) is 92.8 Å². The van der Waals surface area contributed by atoms with Gasteiger partial charge in [0, 0.05) is 71.8 Å². The fraction of sp³-hybridized carbons (Fsp3) is 0.373. The van der Waals surface area contributed by atoms with Crippen LogP contribution in [0, 0.1) is 37.3 Å². The highest BCUT2D eigenvalue weighted by atomic mass is 32.2. The lowest BCUT2D eigenvalue weighted by Gasteiger charge is -2.21. The van der Waals surface area contributed by atoms with E-state index in [0.29, 0.717) is 76.4 Å². The summed E-state index contributed by atoms with van der Waals surface area (Å²) in [6, 6.07) is 29.7. The molecular formula is C59H79F2N7O9S. The molecule has 0 bridgehead atoms. The Morgan fingerprint density at radius 2 is 1.23 bits per heavy atom. The summed E-state index contributed by atoms with van der Waals surface area (Å²) < 4.78 is 73.9. The Kier molecular flexibility index (Phi) is 20.6. The molecule has 19 heteroatoms. The van der Waals surface area contributed by atoms with Crippen molar-refractivity contribution >= 4 is 28.2 Å². The number of carbonyl (C=O) groups excluding carboxylic acids is 2. The molecule has 424 valence electrons. The number of carboxylic acids is 1. The molecule has 2 saturated heterocycles. The van der Waals surface area contributed by atoms with Gasteiger partial charge in [0.05, 0.1) is 47.1 Å². The first kappa shape index (κ1) is 59.9. The molecule has 4 heterocycles. The van der Waals surface area contributed by atoms with Crippen molar-refractivity contribution < 1.29 is 56.6 Å². The molecule has 2 atom stereocenters. The SMILES string of the molecule is CC(C)(C)OC(=O)N[C@@H]1CCNC1.Cc1ccc(-c2nc(-c3cc(F)cc(OCC(C)C)c3)ccc2C(=O)NS(=O)(=O)N2CC[C@@H](N)C2)cc1.Cc1ccc(-c2nc(-c3cc(F)cc(OCC(C)C)c3)ccc2C(=O)O)cc1.[HH].[HH].[HH].[HH]. The highest BCUT2D eigenvalue weighted by molar-refractivity contribution is 7.87. The second kappa shape index (κ2) is 26.8. The molecule has 6 aromatic rings. The van der Waals surface area contributed by atoms with E-state index < -0.39 is 39.3 Å². The topological polar surface area (TPSA) is 224 Å². The van der Waals surface area contributed by atoms with Crippen LogP contribution in [0.5, 0.6) is 11.5 Å². The highest BCUT2D eigenvalue weighted by Crippen LogP contribution is 2.32. The number of ether oxygens (including phenoxy) is 3. The summed E-state index contributed by atoms with van der Waals surface area (Å²) in [6.07, 6.45) is 1.19.